The molecule has 248 valence electrons. The minimum atomic E-state index is -0.895. The van der Waals surface area contributed by atoms with Gasteiger partial charge >= 0.3 is 18.2 Å². The molecule has 2 aromatic rings. The maximum Gasteiger partial charge on any atom is 0.435 e. The van der Waals surface area contributed by atoms with E-state index in [-0.39, 0.29) is 64.0 Å². The number of piperazine rings is 1. The summed E-state index contributed by atoms with van der Waals surface area (Å²) in [6.45, 7) is 11.0. The van der Waals surface area contributed by atoms with Crippen molar-refractivity contribution in [2.24, 2.45) is 5.10 Å². The molecular formula is C30H37Cl2N7O6S. The third-order valence-corrected chi connectivity index (χ3v) is 7.38. The average molecular weight is 695 g/mol. The molecule has 1 fully saturated rings. The van der Waals surface area contributed by atoms with Crippen LogP contribution in [-0.2, 0) is 14.2 Å². The number of nitriles is 1. The molecule has 16 heteroatoms. The van der Waals surface area contributed by atoms with E-state index in [4.69, 9.17) is 37.4 Å². The SMILES string of the molecule is COC(=O)c1nc(SC)nc(N2CCN(C(=O)OC(C)(C)C)C(CC#N)C2)c1/C=N/N(C(=O)OC(C)(C)C)c1c(Cl)cccc1Cl. The van der Waals surface area contributed by atoms with Crippen LogP contribution in [0.15, 0.2) is 28.5 Å². The van der Waals surface area contributed by atoms with E-state index in [1.807, 2.05) is 4.90 Å². The topological polar surface area (TPSA) is 151 Å². The van der Waals surface area contributed by atoms with Gasteiger partial charge in [0.1, 0.15) is 22.7 Å². The number of para-hydroxylation sites is 1. The highest BCUT2D eigenvalue weighted by Crippen LogP contribution is 2.35. The van der Waals surface area contributed by atoms with Crippen molar-refractivity contribution in [2.45, 2.75) is 70.4 Å². The number of hydrogen-bond donors (Lipinski definition) is 0. The fourth-order valence-corrected chi connectivity index (χ4v) is 5.26. The Morgan fingerprint density at radius 1 is 1.11 bits per heavy atom. The molecule has 13 nitrogen and oxygen atoms in total. The first-order valence-corrected chi connectivity index (χ1v) is 16.1. The number of ether oxygens (including phenoxy) is 3. The van der Waals surface area contributed by atoms with Gasteiger partial charge in [-0.25, -0.2) is 24.4 Å². The van der Waals surface area contributed by atoms with Gasteiger partial charge in [0, 0.05) is 19.6 Å². The van der Waals surface area contributed by atoms with E-state index in [9.17, 15) is 19.6 Å². The molecular weight excluding hydrogens is 657 g/mol. The van der Waals surface area contributed by atoms with Crippen LogP contribution in [0.25, 0.3) is 0 Å². The maximum atomic E-state index is 13.4. The smallest absolute Gasteiger partial charge is 0.435 e. The average Bonchev–Trinajstić information content (AvgIpc) is 2.96. The molecule has 1 aliphatic rings. The van der Waals surface area contributed by atoms with E-state index >= 15 is 0 Å². The van der Waals surface area contributed by atoms with Gasteiger partial charge in [0.05, 0.1) is 47.5 Å². The molecule has 0 aliphatic carbocycles. The van der Waals surface area contributed by atoms with Crippen LogP contribution in [0, 0.1) is 11.3 Å². The predicted octanol–water partition coefficient (Wildman–Crippen LogP) is 6.41. The second-order valence-electron chi connectivity index (χ2n) is 12.0. The molecule has 1 unspecified atom stereocenters. The lowest BCUT2D eigenvalue weighted by Gasteiger charge is -2.41. The molecule has 2 amide bonds. The molecule has 0 N–H and O–H groups in total. The standard InChI is InChI=1S/C30H37Cl2N7O6S/c1-29(2,3)44-27(41)38-15-14-37(17-18(38)12-13-33)24-19(22(25(40)43-7)35-26(36-24)46-8)16-34-39(28(42)45-30(4,5)6)23-20(31)10-9-11-21(23)32/h9-11,16,18H,12,14-15,17H2,1-8H3/b34-16+. The van der Waals surface area contributed by atoms with E-state index in [0.29, 0.717) is 0 Å². The van der Waals surface area contributed by atoms with Crippen LogP contribution in [0.4, 0.5) is 21.1 Å². The van der Waals surface area contributed by atoms with Gasteiger partial charge in [-0.05, 0) is 59.9 Å². The Bertz CT molecular complexity index is 1520. The second kappa shape index (κ2) is 15.2. The summed E-state index contributed by atoms with van der Waals surface area (Å²) in [6.07, 6.45) is 1.56. The van der Waals surface area contributed by atoms with E-state index in [2.05, 4.69) is 21.1 Å². The van der Waals surface area contributed by atoms with Crippen LogP contribution >= 0.6 is 35.0 Å². The van der Waals surface area contributed by atoms with Gasteiger partial charge in [-0.1, -0.05) is 41.0 Å². The summed E-state index contributed by atoms with van der Waals surface area (Å²) in [4.78, 5) is 51.9. The highest BCUT2D eigenvalue weighted by molar-refractivity contribution is 7.98. The van der Waals surface area contributed by atoms with Crippen molar-refractivity contribution in [3.05, 3.63) is 39.5 Å². The second-order valence-corrected chi connectivity index (χ2v) is 13.6. The number of hydrazone groups is 1. The number of amides is 2. The van der Waals surface area contributed by atoms with Gasteiger partial charge in [0.2, 0.25) is 0 Å². The monoisotopic (exact) mass is 693 g/mol. The Morgan fingerprint density at radius 3 is 2.28 bits per heavy atom. The minimum absolute atomic E-state index is 0.0148. The summed E-state index contributed by atoms with van der Waals surface area (Å²) in [5, 5.41) is 15.4. The molecule has 1 saturated heterocycles. The largest absolute Gasteiger partial charge is 0.464 e. The summed E-state index contributed by atoms with van der Waals surface area (Å²) in [5.74, 6) is -0.509. The number of nitrogens with zero attached hydrogens (tertiary/aromatic N) is 7. The van der Waals surface area contributed by atoms with E-state index in [1.165, 1.54) is 42.1 Å². The zero-order chi connectivity index (χ0) is 34.4. The fraction of sp³-hybridized carbons (Fsp3) is 0.500. The lowest BCUT2D eigenvalue weighted by atomic mass is 10.1. The van der Waals surface area contributed by atoms with Crippen molar-refractivity contribution >= 4 is 70.8 Å². The third kappa shape index (κ3) is 9.37. The van der Waals surface area contributed by atoms with Crippen molar-refractivity contribution in [3.63, 3.8) is 0 Å². The number of carbonyl (C=O) groups excluding carboxylic acids is 3. The lowest BCUT2D eigenvalue weighted by Crippen LogP contribution is -2.56. The Balaban J connectivity index is 2.18. The molecule has 1 aromatic heterocycles. The normalized spacial score (nSPS) is 15.4. The maximum absolute atomic E-state index is 13.4. The number of halogens is 2. The van der Waals surface area contributed by atoms with Crippen LogP contribution in [0.3, 0.4) is 0 Å². The highest BCUT2D eigenvalue weighted by atomic mass is 35.5. The van der Waals surface area contributed by atoms with Crippen molar-refractivity contribution in [1.82, 2.24) is 14.9 Å². The van der Waals surface area contributed by atoms with Crippen molar-refractivity contribution in [1.29, 1.82) is 5.26 Å². The molecule has 0 spiro atoms. The van der Waals surface area contributed by atoms with Crippen LogP contribution in [0.5, 0.6) is 0 Å². The number of thioether (sulfide) groups is 1. The van der Waals surface area contributed by atoms with Gasteiger partial charge in [-0.15, -0.1) is 0 Å². The first kappa shape index (κ1) is 36.7. The zero-order valence-corrected chi connectivity index (χ0v) is 29.3. The number of aromatic nitrogens is 2. The molecule has 2 heterocycles. The molecule has 1 aliphatic heterocycles. The molecule has 46 heavy (non-hydrogen) atoms. The molecule has 0 saturated carbocycles. The van der Waals surface area contributed by atoms with Crippen molar-refractivity contribution < 1.29 is 28.6 Å². The summed E-state index contributed by atoms with van der Waals surface area (Å²) in [5.41, 5.74) is -1.58. The Labute approximate surface area is 282 Å². The fourth-order valence-electron chi connectivity index (χ4n) is 4.34. The summed E-state index contributed by atoms with van der Waals surface area (Å²) in [7, 11) is 1.21. The molecule has 1 atom stereocenters. The third-order valence-electron chi connectivity index (χ3n) is 6.22. The first-order valence-electron chi connectivity index (χ1n) is 14.2. The van der Waals surface area contributed by atoms with E-state index in [0.717, 1.165) is 5.01 Å². The number of hydrogen-bond acceptors (Lipinski definition) is 12. The number of esters is 1. The van der Waals surface area contributed by atoms with Crippen LogP contribution < -0.4 is 9.91 Å². The van der Waals surface area contributed by atoms with E-state index in [1.54, 1.807) is 53.9 Å². The van der Waals surface area contributed by atoms with Gasteiger partial charge in [-0.3, -0.25) is 0 Å². The number of anilines is 2. The Kier molecular flexibility index (Phi) is 12.1. The Hall–Kier alpha value is -3.80. The van der Waals surface area contributed by atoms with E-state index < -0.39 is 35.4 Å². The summed E-state index contributed by atoms with van der Waals surface area (Å²) >= 11 is 14.1. The zero-order valence-electron chi connectivity index (χ0n) is 27.0. The van der Waals surface area contributed by atoms with Gasteiger partial charge in [0.15, 0.2) is 10.9 Å². The summed E-state index contributed by atoms with van der Waals surface area (Å²) in [6, 6.07) is 6.26. The number of rotatable bonds is 7. The number of benzene rings is 1. The van der Waals surface area contributed by atoms with Gasteiger partial charge in [0.25, 0.3) is 0 Å². The lowest BCUT2D eigenvalue weighted by molar-refractivity contribution is 0.0144. The van der Waals surface area contributed by atoms with Crippen LogP contribution in [-0.4, -0.2) is 89.5 Å². The van der Waals surface area contributed by atoms with Crippen LogP contribution in [0.2, 0.25) is 10.0 Å². The van der Waals surface area contributed by atoms with Gasteiger partial charge in [-0.2, -0.15) is 15.4 Å². The molecule has 3 rings (SSSR count). The molecule has 0 radical (unpaired) electrons. The van der Waals surface area contributed by atoms with Crippen molar-refractivity contribution in [2.75, 3.05) is 42.9 Å². The Morgan fingerprint density at radius 2 is 1.74 bits per heavy atom. The predicted molar refractivity (Wildman–Crippen MR) is 177 cm³/mol. The van der Waals surface area contributed by atoms with Crippen LogP contribution in [0.1, 0.15) is 64.0 Å². The van der Waals surface area contributed by atoms with Gasteiger partial charge < -0.3 is 24.0 Å². The quantitative estimate of drug-likeness (QED) is 0.0790. The highest BCUT2D eigenvalue weighted by Gasteiger charge is 2.36. The number of carbonyl (C=O) groups is 3. The van der Waals surface area contributed by atoms with Crippen molar-refractivity contribution in [3.8, 4) is 6.07 Å². The number of methoxy groups -OCH3 is 1. The molecule has 0 bridgehead atoms. The molecule has 1 aromatic carbocycles. The first-order chi connectivity index (χ1) is 21.5. The minimum Gasteiger partial charge on any atom is -0.464 e. The summed E-state index contributed by atoms with van der Waals surface area (Å²) < 4.78 is 16.2.